The van der Waals surface area contributed by atoms with E-state index in [0.29, 0.717) is 11.3 Å². The average molecular weight is 343 g/mol. The summed E-state index contributed by atoms with van der Waals surface area (Å²) in [5, 5.41) is 22.2. The van der Waals surface area contributed by atoms with E-state index in [0.717, 1.165) is 12.0 Å². The molecule has 0 aliphatic rings. The maximum absolute atomic E-state index is 12.1. The summed E-state index contributed by atoms with van der Waals surface area (Å²) in [5.74, 6) is -2.33. The van der Waals surface area contributed by atoms with Crippen LogP contribution in [0.2, 0.25) is 0 Å². The number of hydrogen-bond donors (Lipinski definition) is 3. The minimum atomic E-state index is -1.07. The van der Waals surface area contributed by atoms with Gasteiger partial charge in [0.2, 0.25) is 0 Å². The first kappa shape index (κ1) is 18.3. The van der Waals surface area contributed by atoms with Crippen molar-refractivity contribution in [3.63, 3.8) is 0 Å². The van der Waals surface area contributed by atoms with Crippen LogP contribution in [-0.2, 0) is 16.0 Å². The number of phenols is 2. The van der Waals surface area contributed by atoms with Crippen LogP contribution < -0.4 is 5.32 Å². The summed E-state index contributed by atoms with van der Waals surface area (Å²) >= 11 is 0. The molecule has 0 aliphatic heterocycles. The maximum atomic E-state index is 12.1. The third kappa shape index (κ3) is 4.29. The fourth-order valence-corrected chi connectivity index (χ4v) is 2.19. The van der Waals surface area contributed by atoms with Crippen LogP contribution in [0.15, 0.2) is 36.4 Å². The molecule has 1 atom stereocenters. The van der Waals surface area contributed by atoms with Crippen LogP contribution >= 0.6 is 0 Å². The molecular weight excluding hydrogens is 322 g/mol. The molecule has 0 aliphatic carbocycles. The van der Waals surface area contributed by atoms with E-state index in [1.54, 1.807) is 19.1 Å². The number of ether oxygens (including phenoxy) is 1. The molecular formula is C19H21NO5. The van der Waals surface area contributed by atoms with Crippen LogP contribution in [0.1, 0.15) is 35.3 Å². The van der Waals surface area contributed by atoms with Crippen molar-refractivity contribution in [3.8, 4) is 11.5 Å². The number of aromatic hydroxyl groups is 2. The zero-order valence-corrected chi connectivity index (χ0v) is 14.4. The number of aryl methyl sites for hydroxylation is 2. The molecule has 6 heteroatoms. The van der Waals surface area contributed by atoms with Gasteiger partial charge in [-0.15, -0.1) is 0 Å². The smallest absolute Gasteiger partial charge is 0.342 e. The fourth-order valence-electron chi connectivity index (χ4n) is 2.19. The molecule has 0 fully saturated rings. The number of esters is 1. The van der Waals surface area contributed by atoms with Crippen molar-refractivity contribution in [2.24, 2.45) is 0 Å². The van der Waals surface area contributed by atoms with Gasteiger partial charge in [-0.05, 0) is 49.6 Å². The summed E-state index contributed by atoms with van der Waals surface area (Å²) < 4.78 is 5.07. The maximum Gasteiger partial charge on any atom is 0.342 e. The van der Waals surface area contributed by atoms with Crippen molar-refractivity contribution >= 4 is 17.6 Å². The molecule has 2 aromatic rings. The Bertz CT molecular complexity index is 783. The lowest BCUT2D eigenvalue weighted by molar-refractivity contribution is -0.123. The first-order chi connectivity index (χ1) is 11.8. The Morgan fingerprint density at radius 1 is 1.08 bits per heavy atom. The highest BCUT2D eigenvalue weighted by Crippen LogP contribution is 2.32. The monoisotopic (exact) mass is 343 g/mol. The van der Waals surface area contributed by atoms with Crippen LogP contribution in [0.5, 0.6) is 11.5 Å². The van der Waals surface area contributed by atoms with Crippen molar-refractivity contribution in [1.29, 1.82) is 0 Å². The molecule has 6 nitrogen and oxygen atoms in total. The number of rotatable bonds is 5. The summed E-state index contributed by atoms with van der Waals surface area (Å²) in [4.78, 5) is 24.2. The normalized spacial score (nSPS) is 11.6. The molecule has 0 bridgehead atoms. The zero-order chi connectivity index (χ0) is 18.6. The van der Waals surface area contributed by atoms with Gasteiger partial charge in [-0.1, -0.05) is 25.1 Å². The van der Waals surface area contributed by atoms with Gasteiger partial charge in [-0.2, -0.15) is 0 Å². The van der Waals surface area contributed by atoms with Gasteiger partial charge < -0.3 is 20.3 Å². The van der Waals surface area contributed by atoms with Crippen molar-refractivity contribution in [1.82, 2.24) is 0 Å². The number of nitrogens with one attached hydrogen (secondary N) is 1. The summed E-state index contributed by atoms with van der Waals surface area (Å²) in [6, 6.07) is 10.2. The lowest BCUT2D eigenvalue weighted by Gasteiger charge is -2.15. The average Bonchev–Trinajstić information content (AvgIpc) is 2.60. The summed E-state index contributed by atoms with van der Waals surface area (Å²) in [7, 11) is 0. The van der Waals surface area contributed by atoms with Crippen LogP contribution in [0.3, 0.4) is 0 Å². The zero-order valence-electron chi connectivity index (χ0n) is 14.4. The number of carbonyl (C=O) groups excluding carboxylic acids is 2. The fraction of sp³-hybridized carbons (Fsp3) is 0.263. The predicted octanol–water partition coefficient (Wildman–Crippen LogP) is 3.15. The molecule has 1 amide bonds. The van der Waals surface area contributed by atoms with E-state index in [9.17, 15) is 19.8 Å². The minimum Gasteiger partial charge on any atom is -0.504 e. The lowest BCUT2D eigenvalue weighted by Crippen LogP contribution is -2.30. The number of amides is 1. The highest BCUT2D eigenvalue weighted by atomic mass is 16.5. The highest BCUT2D eigenvalue weighted by Gasteiger charge is 2.22. The molecule has 0 radical (unpaired) electrons. The number of anilines is 1. The third-order valence-electron chi connectivity index (χ3n) is 3.86. The standard InChI is InChI=1S/C19H21NO5/c1-4-13-6-8-14(9-7-13)20-18(23)12(3)25-19(24)15-10-5-11(2)16(21)17(15)22/h5-10,12,21-22H,4H2,1-3H3,(H,20,23). The topological polar surface area (TPSA) is 95.9 Å². The highest BCUT2D eigenvalue weighted by molar-refractivity contribution is 5.98. The van der Waals surface area contributed by atoms with Gasteiger partial charge in [0, 0.05) is 5.69 Å². The molecule has 0 spiro atoms. The Balaban J connectivity index is 2.02. The van der Waals surface area contributed by atoms with Gasteiger partial charge in [0.1, 0.15) is 5.56 Å². The quantitative estimate of drug-likeness (QED) is 0.572. The van der Waals surface area contributed by atoms with E-state index in [4.69, 9.17) is 4.74 Å². The molecule has 0 heterocycles. The Morgan fingerprint density at radius 3 is 2.32 bits per heavy atom. The van der Waals surface area contributed by atoms with Gasteiger partial charge in [0.25, 0.3) is 5.91 Å². The Kier molecular flexibility index (Phi) is 5.64. The Morgan fingerprint density at radius 2 is 1.72 bits per heavy atom. The van der Waals surface area contributed by atoms with Gasteiger partial charge >= 0.3 is 5.97 Å². The molecule has 0 saturated carbocycles. The summed E-state index contributed by atoms with van der Waals surface area (Å²) in [6.45, 7) is 5.05. The van der Waals surface area contributed by atoms with Crippen molar-refractivity contribution < 1.29 is 24.5 Å². The molecule has 25 heavy (non-hydrogen) atoms. The number of carbonyl (C=O) groups is 2. The van der Waals surface area contributed by atoms with E-state index in [-0.39, 0.29) is 11.3 Å². The minimum absolute atomic E-state index is 0.199. The second-order valence-corrected chi connectivity index (χ2v) is 5.71. The first-order valence-electron chi connectivity index (χ1n) is 7.95. The van der Waals surface area contributed by atoms with Gasteiger partial charge in [-0.3, -0.25) is 4.79 Å². The molecule has 3 N–H and O–H groups in total. The number of benzene rings is 2. The lowest BCUT2D eigenvalue weighted by atomic mass is 10.1. The first-order valence-corrected chi connectivity index (χ1v) is 7.95. The van der Waals surface area contributed by atoms with Crippen LogP contribution in [-0.4, -0.2) is 28.2 Å². The second kappa shape index (κ2) is 7.70. The van der Waals surface area contributed by atoms with E-state index < -0.39 is 23.7 Å². The summed E-state index contributed by atoms with van der Waals surface area (Å²) in [6.07, 6.45) is -0.170. The van der Waals surface area contributed by atoms with Gasteiger partial charge in [0.15, 0.2) is 17.6 Å². The molecule has 2 rings (SSSR count). The van der Waals surface area contributed by atoms with E-state index in [2.05, 4.69) is 5.32 Å². The SMILES string of the molecule is CCc1ccc(NC(=O)C(C)OC(=O)c2ccc(C)c(O)c2O)cc1. The van der Waals surface area contributed by atoms with Crippen LogP contribution in [0.25, 0.3) is 0 Å². The third-order valence-corrected chi connectivity index (χ3v) is 3.86. The Hall–Kier alpha value is -3.02. The van der Waals surface area contributed by atoms with Crippen LogP contribution in [0.4, 0.5) is 5.69 Å². The Labute approximate surface area is 146 Å². The van der Waals surface area contributed by atoms with Crippen molar-refractivity contribution in [3.05, 3.63) is 53.1 Å². The number of hydrogen-bond acceptors (Lipinski definition) is 5. The molecule has 2 aromatic carbocycles. The molecule has 0 aromatic heterocycles. The largest absolute Gasteiger partial charge is 0.504 e. The van der Waals surface area contributed by atoms with Gasteiger partial charge in [-0.25, -0.2) is 4.79 Å². The van der Waals surface area contributed by atoms with Gasteiger partial charge in [0.05, 0.1) is 0 Å². The molecule has 1 unspecified atom stereocenters. The molecule has 0 saturated heterocycles. The van der Waals surface area contributed by atoms with E-state index in [1.165, 1.54) is 19.1 Å². The summed E-state index contributed by atoms with van der Waals surface area (Å²) in [5.41, 5.74) is 1.97. The van der Waals surface area contributed by atoms with E-state index in [1.807, 2.05) is 19.1 Å². The van der Waals surface area contributed by atoms with Crippen molar-refractivity contribution in [2.75, 3.05) is 5.32 Å². The predicted molar refractivity (Wildman–Crippen MR) is 93.8 cm³/mol. The van der Waals surface area contributed by atoms with E-state index >= 15 is 0 Å². The van der Waals surface area contributed by atoms with Crippen LogP contribution in [0, 0.1) is 6.92 Å². The van der Waals surface area contributed by atoms with Crippen molar-refractivity contribution in [2.45, 2.75) is 33.3 Å². The second-order valence-electron chi connectivity index (χ2n) is 5.71. The molecule has 132 valence electrons. The number of phenolic OH excluding ortho intramolecular Hbond substituents is 2.